The molecule has 1 aromatic carbocycles. The topological polar surface area (TPSA) is 49.3 Å². The molecule has 2 rings (SSSR count). The highest BCUT2D eigenvalue weighted by Gasteiger charge is 2.37. The summed E-state index contributed by atoms with van der Waals surface area (Å²) in [5.74, 6) is 0.462. The Morgan fingerprint density at radius 2 is 2.35 bits per heavy atom. The Hall–Kier alpha value is -1.03. The van der Waals surface area contributed by atoms with Gasteiger partial charge in [0.25, 0.3) is 5.91 Å². The van der Waals surface area contributed by atoms with Gasteiger partial charge in [0.2, 0.25) is 0 Å². The van der Waals surface area contributed by atoms with Crippen molar-refractivity contribution in [1.82, 2.24) is 5.32 Å². The maximum absolute atomic E-state index is 11.9. The van der Waals surface area contributed by atoms with Crippen LogP contribution in [0.25, 0.3) is 0 Å². The van der Waals surface area contributed by atoms with Gasteiger partial charge in [0.1, 0.15) is 5.75 Å². The first-order valence-electron chi connectivity index (χ1n) is 5.91. The third kappa shape index (κ3) is 3.00. The van der Waals surface area contributed by atoms with Crippen molar-refractivity contribution < 1.29 is 9.90 Å². The fourth-order valence-corrected chi connectivity index (χ4v) is 2.41. The number of aromatic hydroxyl groups is 1. The van der Waals surface area contributed by atoms with Gasteiger partial charge in [0, 0.05) is 10.5 Å². The Labute approximate surface area is 109 Å². The number of amides is 1. The lowest BCUT2D eigenvalue weighted by Gasteiger charge is -2.06. The van der Waals surface area contributed by atoms with E-state index >= 15 is 0 Å². The monoisotopic (exact) mass is 297 g/mol. The van der Waals surface area contributed by atoms with Crippen LogP contribution in [0.4, 0.5) is 0 Å². The summed E-state index contributed by atoms with van der Waals surface area (Å²) in [5, 5.41) is 12.6. The van der Waals surface area contributed by atoms with E-state index in [0.29, 0.717) is 17.5 Å². The summed E-state index contributed by atoms with van der Waals surface area (Å²) in [6.07, 6.45) is 3.38. The van der Waals surface area contributed by atoms with Crippen LogP contribution in [0.15, 0.2) is 22.7 Å². The van der Waals surface area contributed by atoms with Gasteiger partial charge in [-0.05, 0) is 37.0 Å². The zero-order chi connectivity index (χ0) is 12.4. The second-order valence-electron chi connectivity index (χ2n) is 4.53. The highest BCUT2D eigenvalue weighted by Crippen LogP contribution is 2.35. The number of benzene rings is 1. The molecular weight excluding hydrogens is 282 g/mol. The molecule has 0 bridgehead atoms. The van der Waals surface area contributed by atoms with Crippen molar-refractivity contribution in [2.45, 2.75) is 32.2 Å². The lowest BCUT2D eigenvalue weighted by Crippen LogP contribution is -2.26. The molecule has 4 heteroatoms. The van der Waals surface area contributed by atoms with Crippen LogP contribution in [0, 0.1) is 5.92 Å². The van der Waals surface area contributed by atoms with E-state index in [-0.39, 0.29) is 11.7 Å². The van der Waals surface area contributed by atoms with Gasteiger partial charge < -0.3 is 10.4 Å². The molecule has 2 atom stereocenters. The molecule has 1 aliphatic rings. The van der Waals surface area contributed by atoms with Crippen LogP contribution in [0.3, 0.4) is 0 Å². The van der Waals surface area contributed by atoms with Crippen LogP contribution < -0.4 is 5.32 Å². The number of hydrogen-bond donors (Lipinski definition) is 2. The van der Waals surface area contributed by atoms with Crippen molar-refractivity contribution in [3.05, 3.63) is 28.2 Å². The molecule has 92 valence electrons. The van der Waals surface area contributed by atoms with Crippen LogP contribution in [0.5, 0.6) is 5.75 Å². The Kier molecular flexibility index (Phi) is 3.72. The summed E-state index contributed by atoms with van der Waals surface area (Å²) in [5.41, 5.74) is 0.335. The van der Waals surface area contributed by atoms with E-state index in [1.807, 2.05) is 0 Å². The van der Waals surface area contributed by atoms with Gasteiger partial charge >= 0.3 is 0 Å². The quantitative estimate of drug-likeness (QED) is 0.897. The number of hydrogen-bond acceptors (Lipinski definition) is 2. The summed E-state index contributed by atoms with van der Waals surface area (Å²) >= 11 is 3.29. The van der Waals surface area contributed by atoms with Gasteiger partial charge in [0.15, 0.2) is 0 Å². The van der Waals surface area contributed by atoms with E-state index in [1.165, 1.54) is 6.07 Å². The Morgan fingerprint density at radius 3 is 3.06 bits per heavy atom. The molecule has 0 spiro atoms. The Bertz CT molecular complexity index is 433. The molecule has 0 aromatic heterocycles. The van der Waals surface area contributed by atoms with Gasteiger partial charge in [-0.15, -0.1) is 0 Å². The molecule has 3 nitrogen and oxygen atoms in total. The van der Waals surface area contributed by atoms with Gasteiger partial charge in [-0.25, -0.2) is 0 Å². The molecule has 1 amide bonds. The predicted octanol–water partition coefficient (Wildman–Crippen LogP) is 3.07. The zero-order valence-electron chi connectivity index (χ0n) is 9.74. The molecule has 1 aliphatic carbocycles. The van der Waals surface area contributed by atoms with Crippen LogP contribution in [0.2, 0.25) is 0 Å². The van der Waals surface area contributed by atoms with E-state index in [2.05, 4.69) is 28.2 Å². The molecular formula is C13H16BrNO2. The summed E-state index contributed by atoms with van der Waals surface area (Å²) in [7, 11) is 0. The van der Waals surface area contributed by atoms with Crippen molar-refractivity contribution in [2.75, 3.05) is 0 Å². The maximum Gasteiger partial charge on any atom is 0.255 e. The highest BCUT2D eigenvalue weighted by atomic mass is 79.9. The van der Waals surface area contributed by atoms with E-state index in [9.17, 15) is 9.90 Å². The van der Waals surface area contributed by atoms with Crippen molar-refractivity contribution >= 4 is 21.8 Å². The average molecular weight is 298 g/mol. The maximum atomic E-state index is 11.9. The molecule has 0 heterocycles. The highest BCUT2D eigenvalue weighted by molar-refractivity contribution is 9.10. The van der Waals surface area contributed by atoms with Gasteiger partial charge in [-0.3, -0.25) is 4.79 Å². The van der Waals surface area contributed by atoms with Crippen LogP contribution in [-0.2, 0) is 0 Å². The van der Waals surface area contributed by atoms with Crippen LogP contribution >= 0.6 is 15.9 Å². The zero-order valence-corrected chi connectivity index (χ0v) is 11.3. The third-order valence-corrected chi connectivity index (χ3v) is 3.60. The molecule has 1 aromatic rings. The number of carbonyl (C=O) groups is 1. The van der Waals surface area contributed by atoms with Crippen LogP contribution in [0.1, 0.15) is 36.5 Å². The van der Waals surface area contributed by atoms with Gasteiger partial charge in [-0.1, -0.05) is 29.3 Å². The summed E-state index contributed by atoms with van der Waals surface area (Å²) in [6, 6.07) is 5.17. The Balaban J connectivity index is 1.98. The number of nitrogens with one attached hydrogen (secondary N) is 1. The Morgan fingerprint density at radius 1 is 1.59 bits per heavy atom. The number of phenolic OH excluding ortho intramolecular Hbond substituents is 1. The minimum atomic E-state index is -0.188. The first-order valence-corrected chi connectivity index (χ1v) is 6.70. The molecule has 1 saturated carbocycles. The van der Waals surface area contributed by atoms with Crippen molar-refractivity contribution in [3.8, 4) is 5.75 Å². The second-order valence-corrected chi connectivity index (χ2v) is 5.44. The smallest absolute Gasteiger partial charge is 0.255 e. The lowest BCUT2D eigenvalue weighted by atomic mass is 10.2. The van der Waals surface area contributed by atoms with E-state index in [0.717, 1.165) is 23.7 Å². The first-order chi connectivity index (χ1) is 8.11. The van der Waals surface area contributed by atoms with Gasteiger partial charge in [0.05, 0.1) is 5.56 Å². The average Bonchev–Trinajstić information content (AvgIpc) is 3.00. The molecule has 0 saturated heterocycles. The SMILES string of the molecule is CCCC1CC1NC(=O)c1cc(Br)ccc1O. The van der Waals surface area contributed by atoms with Crippen molar-refractivity contribution in [1.29, 1.82) is 0 Å². The molecule has 17 heavy (non-hydrogen) atoms. The normalized spacial score (nSPS) is 22.2. The fourth-order valence-electron chi connectivity index (χ4n) is 2.05. The fraction of sp³-hybridized carbons (Fsp3) is 0.462. The number of rotatable bonds is 4. The standard InChI is InChI=1S/C13H16BrNO2/c1-2-3-8-6-11(8)15-13(17)10-7-9(14)4-5-12(10)16/h4-5,7-8,11,16H,2-3,6H2,1H3,(H,15,17). The molecule has 1 fully saturated rings. The number of carbonyl (C=O) groups excluding carboxylic acids is 1. The van der Waals surface area contributed by atoms with Crippen LogP contribution in [-0.4, -0.2) is 17.1 Å². The summed E-state index contributed by atoms with van der Waals surface area (Å²) in [6.45, 7) is 2.15. The lowest BCUT2D eigenvalue weighted by molar-refractivity contribution is 0.0946. The summed E-state index contributed by atoms with van der Waals surface area (Å²) < 4.78 is 0.793. The first kappa shape index (κ1) is 12.4. The summed E-state index contributed by atoms with van der Waals surface area (Å²) in [4.78, 5) is 11.9. The van der Waals surface area contributed by atoms with E-state index < -0.39 is 0 Å². The van der Waals surface area contributed by atoms with E-state index in [4.69, 9.17) is 0 Å². The van der Waals surface area contributed by atoms with Crippen molar-refractivity contribution in [3.63, 3.8) is 0 Å². The van der Waals surface area contributed by atoms with E-state index in [1.54, 1.807) is 12.1 Å². The molecule has 2 N–H and O–H groups in total. The minimum absolute atomic E-state index is 0.0263. The molecule has 2 unspecified atom stereocenters. The second kappa shape index (κ2) is 5.08. The third-order valence-electron chi connectivity index (χ3n) is 3.10. The number of halogens is 1. The van der Waals surface area contributed by atoms with Crippen molar-refractivity contribution in [2.24, 2.45) is 5.92 Å². The number of phenols is 1. The largest absolute Gasteiger partial charge is 0.507 e. The predicted molar refractivity (Wildman–Crippen MR) is 70.1 cm³/mol. The van der Waals surface area contributed by atoms with Gasteiger partial charge in [-0.2, -0.15) is 0 Å². The molecule has 0 radical (unpaired) electrons. The minimum Gasteiger partial charge on any atom is -0.507 e. The molecule has 0 aliphatic heterocycles.